The molecule has 0 aliphatic carbocycles. The summed E-state index contributed by atoms with van der Waals surface area (Å²) in [7, 11) is -3.49. The van der Waals surface area contributed by atoms with Gasteiger partial charge < -0.3 is 4.74 Å². The van der Waals surface area contributed by atoms with Gasteiger partial charge in [0.15, 0.2) is 15.5 Å². The highest BCUT2D eigenvalue weighted by Gasteiger charge is 2.30. The van der Waals surface area contributed by atoms with Crippen LogP contribution >= 0.6 is 0 Å². The molecule has 6 nitrogen and oxygen atoms in total. The van der Waals surface area contributed by atoms with Crippen molar-refractivity contribution in [2.75, 3.05) is 6.26 Å². The maximum atomic E-state index is 13.8. The fourth-order valence-electron chi connectivity index (χ4n) is 2.50. The van der Waals surface area contributed by atoms with Crippen LogP contribution in [0.2, 0.25) is 0 Å². The summed E-state index contributed by atoms with van der Waals surface area (Å²) in [5, 5.41) is 4.00. The number of halogens is 5. The van der Waals surface area contributed by atoms with Crippen LogP contribution in [-0.4, -0.2) is 30.4 Å². The quantitative estimate of drug-likeness (QED) is 0.202. The van der Waals surface area contributed by atoms with E-state index < -0.39 is 56.3 Å². The number of benzene rings is 2. The summed E-state index contributed by atoms with van der Waals surface area (Å²) < 4.78 is 95.9. The standard InChI is InChI=1S/C18H11F5N2O4S/c1-8-7-11(25(24-8)9-3-5-10(6-4-9)30(2,27)28)18(26)29-17-15(22)13(20)12(19)14(21)16(17)23/h3-7H,1-2H3. The maximum Gasteiger partial charge on any atom is 0.362 e. The van der Waals surface area contributed by atoms with Gasteiger partial charge in [0.2, 0.25) is 34.8 Å². The lowest BCUT2D eigenvalue weighted by atomic mass is 10.2. The van der Waals surface area contributed by atoms with Crippen LogP contribution in [0.5, 0.6) is 5.75 Å². The molecule has 0 atom stereocenters. The third kappa shape index (κ3) is 3.77. The van der Waals surface area contributed by atoms with Gasteiger partial charge in [0, 0.05) is 6.26 Å². The van der Waals surface area contributed by atoms with Gasteiger partial charge in [-0.05, 0) is 37.3 Å². The van der Waals surface area contributed by atoms with E-state index in [-0.39, 0.29) is 16.3 Å². The van der Waals surface area contributed by atoms with E-state index in [0.29, 0.717) is 0 Å². The van der Waals surface area contributed by atoms with E-state index in [1.165, 1.54) is 31.2 Å². The van der Waals surface area contributed by atoms with Crippen molar-refractivity contribution in [1.82, 2.24) is 9.78 Å². The first-order valence-corrected chi connectivity index (χ1v) is 9.91. The van der Waals surface area contributed by atoms with Crippen LogP contribution < -0.4 is 4.74 Å². The minimum atomic E-state index is -3.49. The molecule has 0 spiro atoms. The van der Waals surface area contributed by atoms with E-state index in [1.54, 1.807) is 0 Å². The third-order valence-electron chi connectivity index (χ3n) is 3.91. The van der Waals surface area contributed by atoms with Crippen molar-refractivity contribution in [3.05, 3.63) is 70.8 Å². The van der Waals surface area contributed by atoms with Crippen LogP contribution in [0.15, 0.2) is 35.2 Å². The molecule has 0 aliphatic heterocycles. The fraction of sp³-hybridized carbons (Fsp3) is 0.111. The Morgan fingerprint density at radius 3 is 1.93 bits per heavy atom. The topological polar surface area (TPSA) is 78.3 Å². The van der Waals surface area contributed by atoms with E-state index in [0.717, 1.165) is 17.0 Å². The van der Waals surface area contributed by atoms with Crippen LogP contribution in [-0.2, 0) is 9.84 Å². The molecule has 1 heterocycles. The number of aryl methyl sites for hydroxylation is 1. The van der Waals surface area contributed by atoms with Crippen molar-refractivity contribution in [1.29, 1.82) is 0 Å². The highest BCUT2D eigenvalue weighted by molar-refractivity contribution is 7.90. The first kappa shape index (κ1) is 21.4. The van der Waals surface area contributed by atoms with E-state index in [9.17, 15) is 35.2 Å². The van der Waals surface area contributed by atoms with Crippen LogP contribution in [0.25, 0.3) is 5.69 Å². The molecule has 0 fully saturated rings. The minimum Gasteiger partial charge on any atom is -0.415 e. The Kier molecular flexibility index (Phi) is 5.37. The molecule has 0 saturated carbocycles. The molecule has 0 saturated heterocycles. The Morgan fingerprint density at radius 2 is 1.43 bits per heavy atom. The average molecular weight is 446 g/mol. The third-order valence-corrected chi connectivity index (χ3v) is 5.04. The highest BCUT2D eigenvalue weighted by Crippen LogP contribution is 2.30. The SMILES string of the molecule is Cc1cc(C(=O)Oc2c(F)c(F)c(F)c(F)c2F)n(-c2ccc(S(C)(=O)=O)cc2)n1. The van der Waals surface area contributed by atoms with E-state index in [1.807, 2.05) is 0 Å². The first-order valence-electron chi connectivity index (χ1n) is 8.02. The van der Waals surface area contributed by atoms with Gasteiger partial charge in [-0.1, -0.05) is 0 Å². The molecule has 0 bridgehead atoms. The number of esters is 1. The van der Waals surface area contributed by atoms with Crippen LogP contribution in [0, 0.1) is 36.0 Å². The number of sulfone groups is 1. The minimum absolute atomic E-state index is 0.0133. The Labute approximate surface area is 166 Å². The lowest BCUT2D eigenvalue weighted by Gasteiger charge is -2.10. The number of rotatable bonds is 4. The zero-order chi connectivity index (χ0) is 22.4. The van der Waals surface area contributed by atoms with Gasteiger partial charge in [0.25, 0.3) is 0 Å². The second-order valence-corrected chi connectivity index (χ2v) is 8.15. The smallest absolute Gasteiger partial charge is 0.362 e. The molecular weight excluding hydrogens is 435 g/mol. The fourth-order valence-corrected chi connectivity index (χ4v) is 3.13. The number of hydrogen-bond acceptors (Lipinski definition) is 5. The zero-order valence-electron chi connectivity index (χ0n) is 15.2. The van der Waals surface area contributed by atoms with Gasteiger partial charge in [-0.3, -0.25) is 0 Å². The molecule has 0 unspecified atom stereocenters. The van der Waals surface area contributed by atoms with Gasteiger partial charge in [0.1, 0.15) is 0 Å². The van der Waals surface area contributed by atoms with E-state index in [4.69, 9.17) is 0 Å². The summed E-state index contributed by atoms with van der Waals surface area (Å²) >= 11 is 0. The monoisotopic (exact) mass is 446 g/mol. The predicted octanol–water partition coefficient (Wildman–Crippen LogP) is 3.50. The number of nitrogens with zero attached hydrogens (tertiary/aromatic N) is 2. The summed E-state index contributed by atoms with van der Waals surface area (Å²) in [6.07, 6.45) is 0.993. The number of carbonyl (C=O) groups excluding carboxylic acids is 1. The van der Waals surface area contributed by atoms with Gasteiger partial charge in [-0.25, -0.2) is 31.1 Å². The summed E-state index contributed by atoms with van der Waals surface area (Å²) in [5.74, 6) is -14.7. The number of aromatic nitrogens is 2. The number of ether oxygens (including phenoxy) is 1. The van der Waals surface area contributed by atoms with E-state index in [2.05, 4.69) is 9.84 Å². The Morgan fingerprint density at radius 1 is 0.933 bits per heavy atom. The molecule has 0 aliphatic rings. The average Bonchev–Trinajstić information content (AvgIpc) is 3.09. The highest BCUT2D eigenvalue weighted by atomic mass is 32.2. The van der Waals surface area contributed by atoms with Crippen molar-refractivity contribution >= 4 is 15.8 Å². The molecule has 0 radical (unpaired) electrons. The van der Waals surface area contributed by atoms with Gasteiger partial charge in [-0.2, -0.15) is 13.9 Å². The molecular formula is C18H11F5N2O4S. The molecule has 3 rings (SSSR count). The lowest BCUT2D eigenvalue weighted by molar-refractivity contribution is 0.0706. The summed E-state index contributed by atoms with van der Waals surface area (Å²) in [6.45, 7) is 1.47. The molecule has 12 heteroatoms. The molecule has 3 aromatic rings. The molecule has 2 aromatic carbocycles. The van der Waals surface area contributed by atoms with Crippen molar-refractivity contribution in [2.45, 2.75) is 11.8 Å². The van der Waals surface area contributed by atoms with Gasteiger partial charge >= 0.3 is 5.97 Å². The van der Waals surface area contributed by atoms with Crippen molar-refractivity contribution < 1.29 is 39.9 Å². The van der Waals surface area contributed by atoms with Crippen LogP contribution in [0.4, 0.5) is 22.0 Å². The van der Waals surface area contributed by atoms with E-state index >= 15 is 0 Å². The summed E-state index contributed by atoms with van der Waals surface area (Å²) in [6, 6.07) is 6.23. The summed E-state index contributed by atoms with van der Waals surface area (Å²) in [4.78, 5) is 12.4. The van der Waals surface area contributed by atoms with Crippen molar-refractivity contribution in [2.24, 2.45) is 0 Å². The largest absolute Gasteiger partial charge is 0.415 e. The second kappa shape index (κ2) is 7.52. The molecule has 0 amide bonds. The lowest BCUT2D eigenvalue weighted by Crippen LogP contribution is -2.17. The second-order valence-electron chi connectivity index (χ2n) is 6.14. The summed E-state index contributed by atoms with van der Waals surface area (Å²) in [5.41, 5.74) is 0.0370. The normalized spacial score (nSPS) is 11.6. The number of hydrogen-bond donors (Lipinski definition) is 0. The van der Waals surface area contributed by atoms with Crippen molar-refractivity contribution in [3.8, 4) is 11.4 Å². The number of carbonyl (C=O) groups is 1. The Hall–Kier alpha value is -3.28. The van der Waals surface area contributed by atoms with Gasteiger partial charge in [0.05, 0.1) is 16.3 Å². The molecule has 0 N–H and O–H groups in total. The van der Waals surface area contributed by atoms with Crippen molar-refractivity contribution in [3.63, 3.8) is 0 Å². The molecule has 158 valence electrons. The predicted molar refractivity (Wildman–Crippen MR) is 92.6 cm³/mol. The Balaban J connectivity index is 2.02. The zero-order valence-corrected chi connectivity index (χ0v) is 16.0. The molecule has 30 heavy (non-hydrogen) atoms. The van der Waals surface area contributed by atoms with Crippen LogP contribution in [0.1, 0.15) is 16.2 Å². The molecule has 1 aromatic heterocycles. The van der Waals surface area contributed by atoms with Crippen LogP contribution in [0.3, 0.4) is 0 Å². The van der Waals surface area contributed by atoms with Gasteiger partial charge in [-0.15, -0.1) is 0 Å². The Bertz CT molecular complexity index is 1240. The first-order chi connectivity index (χ1) is 13.9. The maximum absolute atomic E-state index is 13.8.